The number of rotatable bonds is 4. The molecular formula is C11H9B4NO4. The minimum absolute atomic E-state index is 0.156. The summed E-state index contributed by atoms with van der Waals surface area (Å²) in [7, 11) is 21.5. The van der Waals surface area contributed by atoms with Gasteiger partial charge in [0.1, 0.15) is 0 Å². The SMILES string of the molecule is [B]C([B])N[C@@](C)(O)C(=O)c1ccc2c(c1)OC([B])([B])O2. The Kier molecular flexibility index (Phi) is 3.69. The first kappa shape index (κ1) is 15.1. The van der Waals surface area contributed by atoms with Gasteiger partial charge >= 0.3 is 0 Å². The number of nitrogens with one attached hydrogen (secondary N) is 1. The molecule has 1 atom stereocenters. The maximum atomic E-state index is 12.2. The molecule has 9 heteroatoms. The highest BCUT2D eigenvalue weighted by atomic mass is 16.7. The number of ether oxygens (including phenoxy) is 2. The van der Waals surface area contributed by atoms with Gasteiger partial charge in [-0.25, -0.2) is 0 Å². The fraction of sp³-hybridized carbons (Fsp3) is 0.364. The predicted molar refractivity (Wildman–Crippen MR) is 75.3 cm³/mol. The lowest BCUT2D eigenvalue weighted by molar-refractivity contribution is 0.0246. The van der Waals surface area contributed by atoms with Crippen LogP contribution in [0, 0.1) is 0 Å². The summed E-state index contributed by atoms with van der Waals surface area (Å²) < 4.78 is 10.2. The molecule has 0 spiro atoms. The molecule has 1 heterocycles. The van der Waals surface area contributed by atoms with Gasteiger partial charge in [-0.15, -0.1) is 0 Å². The molecular weight excluding hydrogens is 253 g/mol. The van der Waals surface area contributed by atoms with Gasteiger partial charge in [0, 0.05) is 5.56 Å². The van der Waals surface area contributed by atoms with Gasteiger partial charge in [0.2, 0.25) is 5.78 Å². The summed E-state index contributed by atoms with van der Waals surface area (Å²) in [4.78, 5) is 12.2. The van der Waals surface area contributed by atoms with E-state index in [4.69, 9.17) is 40.9 Å². The van der Waals surface area contributed by atoms with E-state index < -0.39 is 22.9 Å². The first-order valence-corrected chi connectivity index (χ1v) is 5.76. The quantitative estimate of drug-likeness (QED) is 0.393. The standard InChI is InChI=1S/C11H9B4NO4/c1-10(18,16-9(12)13)8(17)5-2-3-6-7(4-5)20-11(14,15)19-6/h2-4,9,16,18H,1H3/t10-/m0/s1. The lowest BCUT2D eigenvalue weighted by Gasteiger charge is -2.26. The lowest BCUT2D eigenvalue weighted by atomic mass is 9.76. The topological polar surface area (TPSA) is 67.8 Å². The molecule has 0 bridgehead atoms. The average Bonchev–Trinajstić information content (AvgIpc) is 2.58. The highest BCUT2D eigenvalue weighted by Gasteiger charge is 2.34. The Morgan fingerprint density at radius 1 is 1.35 bits per heavy atom. The van der Waals surface area contributed by atoms with Crippen molar-refractivity contribution in [2.75, 3.05) is 0 Å². The Hall–Kier alpha value is -1.33. The molecule has 0 unspecified atom stereocenters. The number of Topliss-reactive ketones (excluding diaryl/α,β-unsaturated/α-hetero) is 1. The van der Waals surface area contributed by atoms with E-state index in [9.17, 15) is 9.90 Å². The van der Waals surface area contributed by atoms with Crippen molar-refractivity contribution in [3.63, 3.8) is 0 Å². The normalized spacial score (nSPS) is 18.8. The number of ketones is 1. The Morgan fingerprint density at radius 2 is 1.95 bits per heavy atom. The molecule has 1 aliphatic heterocycles. The van der Waals surface area contributed by atoms with Gasteiger partial charge in [-0.3, -0.25) is 10.1 Å². The van der Waals surface area contributed by atoms with Crippen LogP contribution in [-0.2, 0) is 0 Å². The fourth-order valence-corrected chi connectivity index (χ4v) is 1.85. The van der Waals surface area contributed by atoms with Crippen LogP contribution in [0.3, 0.4) is 0 Å². The molecule has 20 heavy (non-hydrogen) atoms. The highest BCUT2D eigenvalue weighted by molar-refractivity contribution is 6.38. The number of fused-ring (bicyclic) bond motifs is 1. The monoisotopic (exact) mass is 263 g/mol. The Balaban J connectivity index is 2.26. The van der Waals surface area contributed by atoms with E-state index >= 15 is 0 Å². The van der Waals surface area contributed by atoms with E-state index in [1.54, 1.807) is 0 Å². The molecule has 0 fully saturated rings. The van der Waals surface area contributed by atoms with E-state index in [0.29, 0.717) is 5.75 Å². The third kappa shape index (κ3) is 3.04. The molecule has 0 amide bonds. The van der Waals surface area contributed by atoms with Gasteiger partial charge in [0.15, 0.2) is 38.5 Å². The molecule has 2 rings (SSSR count). The Bertz CT molecular complexity index is 547. The van der Waals surface area contributed by atoms with E-state index in [1.807, 2.05) is 0 Å². The van der Waals surface area contributed by atoms with Crippen molar-refractivity contribution in [3.8, 4) is 11.5 Å². The van der Waals surface area contributed by atoms with Crippen LogP contribution in [0.15, 0.2) is 18.2 Å². The van der Waals surface area contributed by atoms with Crippen LogP contribution in [0.1, 0.15) is 17.3 Å². The molecule has 0 saturated carbocycles. The molecule has 1 aliphatic rings. The Labute approximate surface area is 122 Å². The summed E-state index contributed by atoms with van der Waals surface area (Å²) in [6.07, 6.45) is 0. The first-order valence-electron chi connectivity index (χ1n) is 5.76. The third-order valence-electron chi connectivity index (χ3n) is 2.63. The number of hydrogen-bond acceptors (Lipinski definition) is 5. The van der Waals surface area contributed by atoms with Gasteiger partial charge in [0.25, 0.3) is 0 Å². The van der Waals surface area contributed by atoms with Crippen molar-refractivity contribution in [2.45, 2.75) is 24.1 Å². The molecule has 5 nitrogen and oxygen atoms in total. The van der Waals surface area contributed by atoms with Gasteiger partial charge in [0.05, 0.1) is 15.7 Å². The van der Waals surface area contributed by atoms with Gasteiger partial charge < -0.3 is 14.6 Å². The second-order valence-corrected chi connectivity index (χ2v) is 4.66. The summed E-state index contributed by atoms with van der Waals surface area (Å²) >= 11 is 0. The largest absolute Gasteiger partial charge is 0.468 e. The van der Waals surface area contributed by atoms with Gasteiger partial charge in [-0.2, -0.15) is 0 Å². The van der Waals surface area contributed by atoms with E-state index in [2.05, 4.69) is 5.32 Å². The summed E-state index contributed by atoms with van der Waals surface area (Å²) in [5.41, 5.74) is -3.54. The van der Waals surface area contributed by atoms with Crippen molar-refractivity contribution in [1.29, 1.82) is 0 Å². The van der Waals surface area contributed by atoms with Crippen molar-refractivity contribution < 1.29 is 19.4 Å². The molecule has 0 aromatic heterocycles. The summed E-state index contributed by atoms with van der Waals surface area (Å²) in [6, 6.07) is 4.25. The van der Waals surface area contributed by atoms with Crippen LogP contribution in [0.4, 0.5) is 0 Å². The number of hydrogen-bond donors (Lipinski definition) is 2. The van der Waals surface area contributed by atoms with Gasteiger partial charge in [-0.05, 0) is 25.1 Å². The van der Waals surface area contributed by atoms with Crippen molar-refractivity contribution >= 4 is 37.2 Å². The lowest BCUT2D eigenvalue weighted by Crippen LogP contribution is -2.54. The predicted octanol–water partition coefficient (Wildman–Crippen LogP) is -1.49. The minimum atomic E-state index is -1.93. The molecule has 2 N–H and O–H groups in total. The number of aliphatic hydroxyl groups is 1. The smallest absolute Gasteiger partial charge is 0.209 e. The second kappa shape index (κ2) is 4.90. The van der Waals surface area contributed by atoms with Crippen LogP contribution in [0.5, 0.6) is 11.5 Å². The zero-order valence-electron chi connectivity index (χ0n) is 10.8. The second-order valence-electron chi connectivity index (χ2n) is 4.66. The molecule has 8 radical (unpaired) electrons. The summed E-state index contributed by atoms with van der Waals surface area (Å²) in [5, 5.41) is 12.4. The van der Waals surface area contributed by atoms with Crippen molar-refractivity contribution in [3.05, 3.63) is 23.8 Å². The molecule has 0 aliphatic carbocycles. The van der Waals surface area contributed by atoms with Crippen LogP contribution < -0.4 is 14.8 Å². The number of benzene rings is 1. The molecule has 1 aromatic rings. The maximum Gasteiger partial charge on any atom is 0.209 e. The van der Waals surface area contributed by atoms with Crippen LogP contribution in [0.2, 0.25) is 0 Å². The van der Waals surface area contributed by atoms with E-state index in [1.165, 1.54) is 25.1 Å². The first-order chi connectivity index (χ1) is 9.11. The minimum Gasteiger partial charge on any atom is -0.468 e. The fourth-order valence-electron chi connectivity index (χ4n) is 1.85. The van der Waals surface area contributed by atoms with Crippen molar-refractivity contribution in [1.82, 2.24) is 5.32 Å². The van der Waals surface area contributed by atoms with Crippen LogP contribution in [0.25, 0.3) is 0 Å². The number of carbonyl (C=O) groups excluding carboxylic acids is 1. The highest BCUT2D eigenvalue weighted by Crippen LogP contribution is 2.38. The van der Waals surface area contributed by atoms with Gasteiger partial charge in [-0.1, -0.05) is 5.84 Å². The van der Waals surface area contributed by atoms with Crippen molar-refractivity contribution in [2.24, 2.45) is 0 Å². The third-order valence-corrected chi connectivity index (χ3v) is 2.63. The maximum absolute atomic E-state index is 12.2. The van der Waals surface area contributed by atoms with Crippen LogP contribution in [-0.4, -0.2) is 59.4 Å². The molecule has 1 aromatic carbocycles. The zero-order valence-corrected chi connectivity index (χ0v) is 10.8. The van der Waals surface area contributed by atoms with E-state index in [-0.39, 0.29) is 11.3 Å². The summed E-state index contributed by atoms with van der Waals surface area (Å²) in [5.74, 6) is -1.19. The Morgan fingerprint density at radius 3 is 2.55 bits per heavy atom. The molecule has 94 valence electrons. The zero-order chi connectivity index (χ0) is 15.1. The number of carbonyl (C=O) groups is 1. The van der Waals surface area contributed by atoms with Crippen LogP contribution >= 0.6 is 0 Å². The summed E-state index contributed by atoms with van der Waals surface area (Å²) in [6.45, 7) is 1.24. The average molecular weight is 262 g/mol. The van der Waals surface area contributed by atoms with E-state index in [0.717, 1.165) is 0 Å². The molecule has 0 saturated heterocycles.